The summed E-state index contributed by atoms with van der Waals surface area (Å²) in [5.74, 6) is -1.30. The molecule has 0 aromatic carbocycles. The summed E-state index contributed by atoms with van der Waals surface area (Å²) in [6.45, 7) is 5.03. The van der Waals surface area contributed by atoms with Crippen LogP contribution in [0.3, 0.4) is 0 Å². The van der Waals surface area contributed by atoms with Crippen molar-refractivity contribution in [3.05, 3.63) is 33.8 Å². The van der Waals surface area contributed by atoms with Crippen molar-refractivity contribution in [2.75, 3.05) is 13.1 Å². The second kappa shape index (κ2) is 7.91. The van der Waals surface area contributed by atoms with Gasteiger partial charge in [0.1, 0.15) is 5.65 Å². The maximum absolute atomic E-state index is 13.0. The van der Waals surface area contributed by atoms with Crippen molar-refractivity contribution < 1.29 is 14.7 Å². The van der Waals surface area contributed by atoms with Crippen LogP contribution < -0.4 is 10.9 Å². The minimum atomic E-state index is -0.712. The number of amides is 2. The predicted molar refractivity (Wildman–Crippen MR) is 111 cm³/mol. The number of hydrogen-bond acceptors (Lipinski definition) is 6. The number of hydrogen-bond donors (Lipinski definition) is 2. The van der Waals surface area contributed by atoms with Crippen LogP contribution in [0.25, 0.3) is 11.7 Å². The molecule has 2 fully saturated rings. The third-order valence-electron chi connectivity index (χ3n) is 5.38. The maximum atomic E-state index is 13.0. The highest BCUT2D eigenvalue weighted by molar-refractivity contribution is 5.97. The van der Waals surface area contributed by atoms with Gasteiger partial charge in [-0.25, -0.2) is 0 Å². The minimum absolute atomic E-state index is 0.0322. The van der Waals surface area contributed by atoms with Crippen molar-refractivity contribution in [3.8, 4) is 11.9 Å². The third kappa shape index (κ3) is 3.91. The summed E-state index contributed by atoms with van der Waals surface area (Å²) in [6, 6.07) is 2.15. The average molecular weight is 424 g/mol. The van der Waals surface area contributed by atoms with Gasteiger partial charge in [-0.15, -0.1) is 0 Å². The number of carbonyl (C=O) groups is 2. The number of aromatic nitrogens is 3. The number of nitrogens with one attached hydrogen (secondary N) is 1. The Morgan fingerprint density at radius 1 is 1.39 bits per heavy atom. The fourth-order valence-corrected chi connectivity index (χ4v) is 3.56. The lowest BCUT2D eigenvalue weighted by Crippen LogP contribution is -2.48. The molecule has 10 nitrogen and oxygen atoms in total. The molecule has 2 aliphatic rings. The first-order chi connectivity index (χ1) is 14.8. The van der Waals surface area contributed by atoms with Crippen LogP contribution in [-0.4, -0.2) is 55.1 Å². The number of aromatic hydroxyl groups is 1. The van der Waals surface area contributed by atoms with E-state index in [9.17, 15) is 19.5 Å². The molecular weight excluding hydrogens is 400 g/mol. The Morgan fingerprint density at radius 3 is 2.71 bits per heavy atom. The zero-order valence-electron chi connectivity index (χ0n) is 17.4. The lowest BCUT2D eigenvalue weighted by atomic mass is 10.0. The molecule has 3 heterocycles. The van der Waals surface area contributed by atoms with E-state index in [0.29, 0.717) is 30.8 Å². The molecule has 1 aliphatic carbocycles. The molecule has 2 amide bonds. The fourth-order valence-electron chi connectivity index (χ4n) is 3.56. The Morgan fingerprint density at radius 2 is 2.10 bits per heavy atom. The molecule has 1 saturated heterocycles. The van der Waals surface area contributed by atoms with E-state index >= 15 is 0 Å². The van der Waals surface area contributed by atoms with Gasteiger partial charge in [-0.1, -0.05) is 13.8 Å². The molecular formula is C21H24N6O4. The fraction of sp³-hybridized carbons (Fsp3) is 0.476. The quantitative estimate of drug-likeness (QED) is 0.658. The zero-order chi connectivity index (χ0) is 22.3. The number of fused-ring (bicyclic) bond motifs is 1. The van der Waals surface area contributed by atoms with E-state index in [1.54, 1.807) is 4.90 Å². The molecule has 1 saturated carbocycles. The summed E-state index contributed by atoms with van der Waals surface area (Å²) in [7, 11) is 0. The van der Waals surface area contributed by atoms with E-state index in [2.05, 4.69) is 16.5 Å². The van der Waals surface area contributed by atoms with Gasteiger partial charge in [0.2, 0.25) is 11.8 Å². The molecule has 0 radical (unpaired) electrons. The van der Waals surface area contributed by atoms with Gasteiger partial charge in [-0.05, 0) is 24.8 Å². The molecule has 2 aromatic rings. The Balaban J connectivity index is 1.73. The third-order valence-corrected chi connectivity index (χ3v) is 5.38. The first kappa shape index (κ1) is 20.7. The van der Waals surface area contributed by atoms with E-state index in [0.717, 1.165) is 17.4 Å². The number of likely N-dealkylation sites (tertiary alicyclic amines) is 1. The molecule has 2 N–H and O–H groups in total. The second-order valence-electron chi connectivity index (χ2n) is 8.49. The number of carbonyl (C=O) groups excluding carboxylic acids is 2. The average Bonchev–Trinajstić information content (AvgIpc) is 3.38. The van der Waals surface area contributed by atoms with Crippen LogP contribution in [0.2, 0.25) is 0 Å². The van der Waals surface area contributed by atoms with Crippen LogP contribution in [0.1, 0.15) is 42.6 Å². The van der Waals surface area contributed by atoms with Gasteiger partial charge in [0.15, 0.2) is 5.56 Å². The van der Waals surface area contributed by atoms with Crippen LogP contribution in [-0.2, 0) is 11.3 Å². The van der Waals surface area contributed by atoms with Crippen LogP contribution >= 0.6 is 0 Å². The normalized spacial score (nSPS) is 16.6. The van der Waals surface area contributed by atoms with Gasteiger partial charge in [-0.3, -0.25) is 19.0 Å². The predicted octanol–water partition coefficient (Wildman–Crippen LogP) is 0.745. The first-order valence-corrected chi connectivity index (χ1v) is 10.3. The summed E-state index contributed by atoms with van der Waals surface area (Å²) in [5, 5.41) is 26.6. The highest BCUT2D eigenvalue weighted by Crippen LogP contribution is 2.25. The smallest absolute Gasteiger partial charge is 0.291 e. The zero-order valence-corrected chi connectivity index (χ0v) is 17.4. The molecule has 10 heteroatoms. The Labute approximate surface area is 178 Å². The monoisotopic (exact) mass is 424 g/mol. The van der Waals surface area contributed by atoms with Crippen LogP contribution in [0.4, 0.5) is 0 Å². The first-order valence-electron chi connectivity index (χ1n) is 10.3. The molecule has 0 spiro atoms. The Hall–Kier alpha value is -3.61. The maximum Gasteiger partial charge on any atom is 0.291 e. The molecule has 162 valence electrons. The van der Waals surface area contributed by atoms with Gasteiger partial charge in [0.05, 0.1) is 18.2 Å². The van der Waals surface area contributed by atoms with Crippen molar-refractivity contribution in [1.82, 2.24) is 24.4 Å². The van der Waals surface area contributed by atoms with Gasteiger partial charge in [0.25, 0.3) is 11.5 Å². The largest absolute Gasteiger partial charge is 0.494 e. The molecule has 0 atom stereocenters. The van der Waals surface area contributed by atoms with E-state index in [1.807, 2.05) is 13.8 Å². The van der Waals surface area contributed by atoms with Crippen molar-refractivity contribution in [2.24, 2.45) is 11.8 Å². The van der Waals surface area contributed by atoms with Crippen LogP contribution in [0.5, 0.6) is 5.88 Å². The van der Waals surface area contributed by atoms with E-state index in [1.165, 1.54) is 22.9 Å². The van der Waals surface area contributed by atoms with E-state index < -0.39 is 17.3 Å². The van der Waals surface area contributed by atoms with Gasteiger partial charge < -0.3 is 15.3 Å². The lowest BCUT2D eigenvalue weighted by molar-refractivity contribution is -0.130. The molecule has 1 aliphatic heterocycles. The van der Waals surface area contributed by atoms with E-state index in [-0.39, 0.29) is 29.3 Å². The lowest BCUT2D eigenvalue weighted by Gasteiger charge is -2.34. The molecule has 0 bridgehead atoms. The van der Waals surface area contributed by atoms with Crippen molar-refractivity contribution in [3.63, 3.8) is 0 Å². The van der Waals surface area contributed by atoms with Gasteiger partial charge in [0, 0.05) is 37.3 Å². The summed E-state index contributed by atoms with van der Waals surface area (Å²) < 4.78 is 2.57. The summed E-state index contributed by atoms with van der Waals surface area (Å²) in [5.41, 5.74) is -0.274. The number of rotatable bonds is 6. The Kier molecular flexibility index (Phi) is 5.27. The summed E-state index contributed by atoms with van der Waals surface area (Å²) in [6.07, 6.45) is 6.02. The topological polar surface area (TPSA) is 133 Å². The highest BCUT2D eigenvalue weighted by atomic mass is 16.3. The highest BCUT2D eigenvalue weighted by Gasteiger charge is 2.31. The molecule has 0 unspecified atom stereocenters. The Bertz CT molecular complexity index is 1180. The van der Waals surface area contributed by atoms with E-state index in [4.69, 9.17) is 5.26 Å². The summed E-state index contributed by atoms with van der Waals surface area (Å²) in [4.78, 5) is 39.4. The minimum Gasteiger partial charge on any atom is -0.494 e. The van der Waals surface area contributed by atoms with Crippen molar-refractivity contribution >= 4 is 23.5 Å². The van der Waals surface area contributed by atoms with Gasteiger partial charge >= 0.3 is 0 Å². The number of nitrogens with zero attached hydrogens (tertiary/aromatic N) is 5. The van der Waals surface area contributed by atoms with Crippen LogP contribution in [0, 0.1) is 23.2 Å². The van der Waals surface area contributed by atoms with Gasteiger partial charge in [-0.2, -0.15) is 14.9 Å². The molecule has 31 heavy (non-hydrogen) atoms. The number of nitriles is 1. The molecule has 4 rings (SSSR count). The van der Waals surface area contributed by atoms with Crippen molar-refractivity contribution in [2.45, 2.75) is 39.3 Å². The van der Waals surface area contributed by atoms with Crippen LogP contribution in [0.15, 0.2) is 17.1 Å². The second-order valence-corrected chi connectivity index (χ2v) is 8.49. The SMILES string of the molecule is CC(C)Cn1c(O)c(C(=O)NC2CC2)c(=O)n2ncc(C=CC(=O)N3CC(C#N)C3)c12. The summed E-state index contributed by atoms with van der Waals surface area (Å²) >= 11 is 0. The van der Waals surface area contributed by atoms with Crippen molar-refractivity contribution in [1.29, 1.82) is 5.26 Å². The molecule has 2 aromatic heterocycles. The standard InChI is InChI=1S/C21H24N6O4/c1-12(2)9-26-19-14(3-6-16(28)25-10-13(7-22)11-25)8-23-27(19)21(31)17(20(26)30)18(29)24-15-4-5-15/h3,6,8,12-13,15,30H,4-5,9-11H2,1-2H3,(H,24,29).